The minimum Gasteiger partial charge on any atom is -0.480 e. The van der Waals surface area contributed by atoms with E-state index in [0.29, 0.717) is 25.5 Å². The molecule has 6 nitrogen and oxygen atoms in total. The molecule has 0 aromatic carbocycles. The zero-order valence-electron chi connectivity index (χ0n) is 12.9. The van der Waals surface area contributed by atoms with Gasteiger partial charge in [-0.05, 0) is 20.3 Å². The molecule has 2 aliphatic rings. The molecule has 0 aliphatic carbocycles. The Morgan fingerprint density at radius 3 is 2.71 bits per heavy atom. The first-order valence-corrected chi connectivity index (χ1v) is 8.45. The third-order valence-corrected chi connectivity index (χ3v) is 5.37. The molecule has 0 saturated carbocycles. The molecule has 2 atom stereocenters. The van der Waals surface area contributed by atoms with Crippen molar-refractivity contribution in [2.75, 3.05) is 25.5 Å². The second-order valence-corrected chi connectivity index (χ2v) is 7.35. The van der Waals surface area contributed by atoms with Gasteiger partial charge in [-0.2, -0.15) is 0 Å². The van der Waals surface area contributed by atoms with Gasteiger partial charge in [0.15, 0.2) is 0 Å². The van der Waals surface area contributed by atoms with Gasteiger partial charge in [-0.25, -0.2) is 9.59 Å². The van der Waals surface area contributed by atoms with Crippen molar-refractivity contribution in [1.29, 1.82) is 0 Å². The van der Waals surface area contributed by atoms with Crippen molar-refractivity contribution in [3.63, 3.8) is 0 Å². The molecule has 21 heavy (non-hydrogen) atoms. The summed E-state index contributed by atoms with van der Waals surface area (Å²) in [6.45, 7) is 7.46. The van der Waals surface area contributed by atoms with Crippen LogP contribution in [0.2, 0.25) is 0 Å². The highest BCUT2D eigenvalue weighted by Gasteiger charge is 2.46. The van der Waals surface area contributed by atoms with Crippen LogP contribution in [-0.4, -0.2) is 69.4 Å². The fourth-order valence-electron chi connectivity index (χ4n) is 2.83. The Bertz CT molecular complexity index is 416. The number of carbonyl (C=O) groups excluding carboxylic acids is 1. The topological polar surface area (TPSA) is 70.1 Å². The molecule has 0 aromatic heterocycles. The summed E-state index contributed by atoms with van der Waals surface area (Å²) < 4.78 is 5.44. The molecule has 0 bridgehead atoms. The van der Waals surface area contributed by atoms with Gasteiger partial charge in [0, 0.05) is 12.3 Å². The first-order valence-electron chi connectivity index (χ1n) is 7.40. The average Bonchev–Trinajstić information content (AvgIpc) is 2.82. The van der Waals surface area contributed by atoms with E-state index < -0.39 is 17.6 Å². The van der Waals surface area contributed by atoms with Gasteiger partial charge < -0.3 is 14.7 Å². The second kappa shape index (κ2) is 6.44. The van der Waals surface area contributed by atoms with Crippen LogP contribution in [0.25, 0.3) is 0 Å². The van der Waals surface area contributed by atoms with Crippen molar-refractivity contribution in [3.8, 4) is 0 Å². The number of amides is 2. The number of carboxylic acids is 1. The molecule has 120 valence electrons. The van der Waals surface area contributed by atoms with Gasteiger partial charge in [0.2, 0.25) is 0 Å². The summed E-state index contributed by atoms with van der Waals surface area (Å²) in [4.78, 5) is 27.7. The number of nitrogens with zero attached hydrogens (tertiary/aromatic N) is 2. The molecule has 2 aliphatic heterocycles. The fourth-order valence-corrected chi connectivity index (χ4v) is 4.34. The summed E-state index contributed by atoms with van der Waals surface area (Å²) >= 11 is 1.57. The number of rotatable bonds is 3. The maximum Gasteiger partial charge on any atom is 0.327 e. The maximum absolute atomic E-state index is 12.9. The van der Waals surface area contributed by atoms with Gasteiger partial charge in [0.05, 0.1) is 24.1 Å². The summed E-state index contributed by atoms with van der Waals surface area (Å²) in [6, 6.07) is -0.892. The van der Waals surface area contributed by atoms with Crippen LogP contribution in [-0.2, 0) is 9.53 Å². The fraction of sp³-hybridized carbons (Fsp3) is 0.857. The number of morpholine rings is 1. The smallest absolute Gasteiger partial charge is 0.327 e. The molecule has 0 aromatic rings. The standard InChI is InChI=1S/C14H24N2O4S/c1-4-5-11-16(10(8-21-11)12(17)18)13(19)15-6-7-20-9-14(15,2)3/h10-11H,4-9H2,1-3H3,(H,17,18). The Hall–Kier alpha value is -0.950. The monoisotopic (exact) mass is 316 g/mol. The molecule has 0 radical (unpaired) electrons. The number of ether oxygens (including phenoxy) is 1. The summed E-state index contributed by atoms with van der Waals surface area (Å²) in [7, 11) is 0. The number of carbonyl (C=O) groups is 2. The molecule has 7 heteroatoms. The lowest BCUT2D eigenvalue weighted by Crippen LogP contribution is -2.61. The minimum atomic E-state index is -0.916. The number of hydrogen-bond acceptors (Lipinski definition) is 4. The normalized spacial score (nSPS) is 28.7. The molecule has 2 heterocycles. The highest BCUT2D eigenvalue weighted by molar-refractivity contribution is 8.00. The Kier molecular flexibility index (Phi) is 5.03. The Balaban J connectivity index is 2.21. The minimum absolute atomic E-state index is 0.0396. The van der Waals surface area contributed by atoms with Crippen LogP contribution >= 0.6 is 11.8 Å². The van der Waals surface area contributed by atoms with Crippen LogP contribution in [0.15, 0.2) is 0 Å². The van der Waals surface area contributed by atoms with E-state index in [0.717, 1.165) is 12.8 Å². The van der Waals surface area contributed by atoms with Gasteiger partial charge in [-0.1, -0.05) is 13.3 Å². The quantitative estimate of drug-likeness (QED) is 0.860. The molecule has 2 rings (SSSR count). The van der Waals surface area contributed by atoms with Crippen LogP contribution in [0.3, 0.4) is 0 Å². The highest BCUT2D eigenvalue weighted by atomic mass is 32.2. The maximum atomic E-state index is 12.9. The third kappa shape index (κ3) is 3.29. The van der Waals surface area contributed by atoms with E-state index in [1.54, 1.807) is 21.6 Å². The van der Waals surface area contributed by atoms with Crippen LogP contribution in [0.1, 0.15) is 33.6 Å². The Morgan fingerprint density at radius 2 is 2.14 bits per heavy atom. The molecular formula is C14H24N2O4S. The number of thioether (sulfide) groups is 1. The number of carboxylic acid groups (broad SMARTS) is 1. The molecule has 2 fully saturated rings. The molecular weight excluding hydrogens is 292 g/mol. The van der Waals surface area contributed by atoms with E-state index in [2.05, 4.69) is 6.92 Å². The van der Waals surface area contributed by atoms with E-state index in [1.807, 2.05) is 13.8 Å². The van der Waals surface area contributed by atoms with E-state index >= 15 is 0 Å². The molecule has 2 unspecified atom stereocenters. The van der Waals surface area contributed by atoms with E-state index in [4.69, 9.17) is 4.74 Å². The summed E-state index contributed by atoms with van der Waals surface area (Å²) in [5.74, 6) is -0.447. The summed E-state index contributed by atoms with van der Waals surface area (Å²) in [5, 5.41) is 9.36. The van der Waals surface area contributed by atoms with Crippen molar-refractivity contribution in [2.45, 2.75) is 50.6 Å². The van der Waals surface area contributed by atoms with Gasteiger partial charge in [0.1, 0.15) is 6.04 Å². The van der Waals surface area contributed by atoms with Gasteiger partial charge in [-0.3, -0.25) is 4.90 Å². The predicted molar refractivity (Wildman–Crippen MR) is 81.4 cm³/mol. The van der Waals surface area contributed by atoms with Crippen LogP contribution in [0.4, 0.5) is 4.79 Å². The lowest BCUT2D eigenvalue weighted by molar-refractivity contribution is -0.141. The van der Waals surface area contributed by atoms with E-state index in [9.17, 15) is 14.7 Å². The van der Waals surface area contributed by atoms with Crippen LogP contribution < -0.4 is 0 Å². The Labute approximate surface area is 129 Å². The van der Waals surface area contributed by atoms with Crippen molar-refractivity contribution in [2.24, 2.45) is 0 Å². The van der Waals surface area contributed by atoms with Gasteiger partial charge in [-0.15, -0.1) is 11.8 Å². The lowest BCUT2D eigenvalue weighted by Gasteiger charge is -2.45. The highest BCUT2D eigenvalue weighted by Crippen LogP contribution is 2.34. The predicted octanol–water partition coefficient (Wildman–Crippen LogP) is 1.85. The van der Waals surface area contributed by atoms with E-state index in [-0.39, 0.29) is 11.4 Å². The number of urea groups is 1. The first kappa shape index (κ1) is 16.4. The Morgan fingerprint density at radius 1 is 1.43 bits per heavy atom. The zero-order valence-corrected chi connectivity index (χ0v) is 13.7. The van der Waals surface area contributed by atoms with Crippen molar-refractivity contribution < 1.29 is 19.4 Å². The number of aliphatic carboxylic acids is 1. The second-order valence-electron chi connectivity index (χ2n) is 6.14. The van der Waals surface area contributed by atoms with Crippen LogP contribution in [0.5, 0.6) is 0 Å². The van der Waals surface area contributed by atoms with Crippen molar-refractivity contribution in [3.05, 3.63) is 0 Å². The SMILES string of the molecule is CCCC1SCC(C(=O)O)N1C(=O)N1CCOCC1(C)C. The van der Waals surface area contributed by atoms with Gasteiger partial charge in [0.25, 0.3) is 0 Å². The van der Waals surface area contributed by atoms with E-state index in [1.165, 1.54) is 0 Å². The largest absolute Gasteiger partial charge is 0.480 e. The average molecular weight is 316 g/mol. The first-order chi connectivity index (χ1) is 9.88. The summed E-state index contributed by atoms with van der Waals surface area (Å²) in [6.07, 6.45) is 1.76. The molecule has 2 saturated heterocycles. The molecule has 0 spiro atoms. The van der Waals surface area contributed by atoms with Gasteiger partial charge >= 0.3 is 12.0 Å². The molecule has 2 amide bonds. The number of hydrogen-bond donors (Lipinski definition) is 1. The third-order valence-electron chi connectivity index (χ3n) is 4.01. The summed E-state index contributed by atoms with van der Waals surface area (Å²) in [5.41, 5.74) is -0.400. The molecule has 1 N–H and O–H groups in total. The zero-order chi connectivity index (χ0) is 15.6. The van der Waals surface area contributed by atoms with Crippen LogP contribution in [0, 0.1) is 0 Å². The van der Waals surface area contributed by atoms with Crippen molar-refractivity contribution in [1.82, 2.24) is 9.80 Å². The van der Waals surface area contributed by atoms with Crippen molar-refractivity contribution >= 4 is 23.8 Å². The lowest BCUT2D eigenvalue weighted by atomic mass is 10.0.